The van der Waals surface area contributed by atoms with Crippen LogP contribution in [0.4, 0.5) is 8.63 Å². The van der Waals surface area contributed by atoms with Gasteiger partial charge in [-0.1, -0.05) is 30.0 Å². The summed E-state index contributed by atoms with van der Waals surface area (Å²) in [6.07, 6.45) is 6.12. The van der Waals surface area contributed by atoms with E-state index in [0.717, 1.165) is 14.5 Å². The normalized spacial score (nSPS) is 17.5. The Kier molecular flexibility index (Phi) is 2.67. The molecule has 2 aliphatic rings. The van der Waals surface area contributed by atoms with Crippen molar-refractivity contribution in [3.8, 4) is 11.8 Å². The average Bonchev–Trinajstić information content (AvgIpc) is 3.18. The molecule has 0 spiro atoms. The second-order valence-corrected chi connectivity index (χ2v) is 5.18. The minimum Gasteiger partial charge on any atom is -0.395 e. The fourth-order valence-corrected chi connectivity index (χ4v) is 2.80. The SMILES string of the molecule is F[B-]1(F)n2cccc2C(C#Cc2ccccc2)=C2C=CC=[N+]21. The monoisotopic (exact) mass is 292 g/mol. The van der Waals surface area contributed by atoms with Crippen molar-refractivity contribution in [1.82, 2.24) is 4.48 Å². The molecule has 106 valence electrons. The van der Waals surface area contributed by atoms with Crippen molar-refractivity contribution in [3.63, 3.8) is 0 Å². The van der Waals surface area contributed by atoms with Crippen LogP contribution in [0.5, 0.6) is 0 Å². The molecule has 2 aromatic rings. The number of rotatable bonds is 0. The minimum atomic E-state index is -3.84. The topological polar surface area (TPSA) is 7.94 Å². The number of hydrogen-bond donors (Lipinski definition) is 0. The lowest BCUT2D eigenvalue weighted by Crippen LogP contribution is -2.49. The predicted molar refractivity (Wildman–Crippen MR) is 83.5 cm³/mol. The van der Waals surface area contributed by atoms with E-state index in [0.29, 0.717) is 17.0 Å². The summed E-state index contributed by atoms with van der Waals surface area (Å²) in [7, 11) is 0. The molecule has 0 amide bonds. The summed E-state index contributed by atoms with van der Waals surface area (Å²) in [5, 5.41) is 0. The van der Waals surface area contributed by atoms with Gasteiger partial charge in [-0.25, -0.2) is 0 Å². The van der Waals surface area contributed by atoms with E-state index in [9.17, 15) is 8.63 Å². The maximum atomic E-state index is 14.5. The van der Waals surface area contributed by atoms with Gasteiger partial charge in [0.05, 0.1) is 0 Å². The number of fused-ring (bicyclic) bond motifs is 2. The Bertz CT molecular complexity index is 909. The van der Waals surface area contributed by atoms with Gasteiger partial charge in [0, 0.05) is 23.4 Å². The highest BCUT2D eigenvalue weighted by atomic mass is 19.2. The van der Waals surface area contributed by atoms with Crippen LogP contribution in [0.15, 0.2) is 66.5 Å². The van der Waals surface area contributed by atoms with E-state index in [4.69, 9.17) is 0 Å². The molecule has 0 saturated heterocycles. The molecule has 22 heavy (non-hydrogen) atoms. The van der Waals surface area contributed by atoms with Crippen LogP contribution in [0.1, 0.15) is 11.3 Å². The van der Waals surface area contributed by atoms with Gasteiger partial charge in [-0.2, -0.15) is 0 Å². The van der Waals surface area contributed by atoms with Gasteiger partial charge in [0.1, 0.15) is 11.8 Å². The van der Waals surface area contributed by atoms with Crippen LogP contribution in [0, 0.1) is 11.8 Å². The second-order valence-electron chi connectivity index (χ2n) is 5.18. The van der Waals surface area contributed by atoms with E-state index in [1.165, 1.54) is 12.4 Å². The molecule has 5 heteroatoms. The highest BCUT2D eigenvalue weighted by molar-refractivity contribution is 6.57. The van der Waals surface area contributed by atoms with Crippen molar-refractivity contribution < 1.29 is 13.1 Å². The third-order valence-corrected chi connectivity index (χ3v) is 3.85. The van der Waals surface area contributed by atoms with Crippen molar-refractivity contribution in [2.45, 2.75) is 0 Å². The van der Waals surface area contributed by atoms with Crippen LogP contribution < -0.4 is 0 Å². The highest BCUT2D eigenvalue weighted by Crippen LogP contribution is 2.34. The van der Waals surface area contributed by atoms with Gasteiger partial charge in [-0.15, -0.1) is 0 Å². The molecule has 0 saturated carbocycles. The van der Waals surface area contributed by atoms with Gasteiger partial charge < -0.3 is 17.6 Å². The summed E-state index contributed by atoms with van der Waals surface area (Å²) in [5.41, 5.74) is 2.39. The first kappa shape index (κ1) is 12.8. The van der Waals surface area contributed by atoms with Gasteiger partial charge in [-0.3, -0.25) is 0 Å². The molecule has 2 aliphatic heterocycles. The lowest BCUT2D eigenvalue weighted by molar-refractivity contribution is -0.356. The molecule has 0 unspecified atom stereocenters. The summed E-state index contributed by atoms with van der Waals surface area (Å²) >= 11 is 0. The zero-order valence-corrected chi connectivity index (χ0v) is 11.6. The first-order valence-corrected chi connectivity index (χ1v) is 6.99. The van der Waals surface area contributed by atoms with Crippen molar-refractivity contribution in [3.05, 3.63) is 77.8 Å². The molecule has 0 bridgehead atoms. The number of aromatic nitrogens is 1. The van der Waals surface area contributed by atoms with Gasteiger partial charge in [0.2, 0.25) is 0 Å². The maximum Gasteiger partial charge on any atom is 0.737 e. The summed E-state index contributed by atoms with van der Waals surface area (Å²) in [4.78, 5) is 0. The van der Waals surface area contributed by atoms with E-state index in [1.807, 2.05) is 30.3 Å². The summed E-state index contributed by atoms with van der Waals surface area (Å²) in [6, 6.07) is 12.8. The Morgan fingerprint density at radius 1 is 1.00 bits per heavy atom. The van der Waals surface area contributed by atoms with Crippen molar-refractivity contribution in [2.24, 2.45) is 0 Å². The number of halogens is 2. The van der Waals surface area contributed by atoms with E-state index in [1.54, 1.807) is 24.3 Å². The number of allylic oxidation sites excluding steroid dienone is 3. The molecule has 0 aliphatic carbocycles. The minimum absolute atomic E-state index is 0.458. The zero-order chi connectivity index (χ0) is 15.2. The number of hydrogen-bond acceptors (Lipinski definition) is 0. The lowest BCUT2D eigenvalue weighted by atomic mass is 9.89. The number of benzene rings is 1. The van der Waals surface area contributed by atoms with E-state index < -0.39 is 6.97 Å². The van der Waals surface area contributed by atoms with Crippen LogP contribution in [-0.2, 0) is 0 Å². The van der Waals surface area contributed by atoms with E-state index in [-0.39, 0.29) is 0 Å². The van der Waals surface area contributed by atoms with Crippen LogP contribution in [-0.4, -0.2) is 22.1 Å². The largest absolute Gasteiger partial charge is 0.737 e. The molecular weight excluding hydrogens is 281 g/mol. The molecule has 1 aromatic heterocycles. The van der Waals surface area contributed by atoms with Gasteiger partial charge in [0.25, 0.3) is 0 Å². The quantitative estimate of drug-likeness (QED) is 0.520. The lowest BCUT2D eigenvalue weighted by Gasteiger charge is -2.29. The van der Waals surface area contributed by atoms with Gasteiger partial charge in [-0.05, 0) is 30.5 Å². The predicted octanol–water partition coefficient (Wildman–Crippen LogP) is 3.14. The third kappa shape index (κ3) is 1.77. The molecule has 0 radical (unpaired) electrons. The van der Waals surface area contributed by atoms with Gasteiger partial charge in [0.15, 0.2) is 5.70 Å². The van der Waals surface area contributed by atoms with Gasteiger partial charge >= 0.3 is 6.97 Å². The smallest absolute Gasteiger partial charge is 0.395 e. The fourth-order valence-electron chi connectivity index (χ4n) is 2.80. The molecule has 1 aromatic carbocycles. The van der Waals surface area contributed by atoms with Crippen LogP contribution in [0.25, 0.3) is 5.57 Å². The average molecular weight is 292 g/mol. The van der Waals surface area contributed by atoms with Crippen molar-refractivity contribution in [2.75, 3.05) is 0 Å². The Hall–Kier alpha value is -2.87. The molecule has 0 N–H and O–H groups in total. The van der Waals surface area contributed by atoms with Crippen LogP contribution >= 0.6 is 0 Å². The Morgan fingerprint density at radius 2 is 1.82 bits per heavy atom. The molecule has 0 atom stereocenters. The molecule has 0 fully saturated rings. The molecule has 4 rings (SSSR count). The molecule has 3 heterocycles. The van der Waals surface area contributed by atoms with Crippen molar-refractivity contribution >= 4 is 18.8 Å². The summed E-state index contributed by atoms with van der Waals surface area (Å²) in [5.74, 6) is 6.11. The second kappa shape index (κ2) is 4.57. The van der Waals surface area contributed by atoms with Crippen LogP contribution in [0.3, 0.4) is 0 Å². The Morgan fingerprint density at radius 3 is 2.64 bits per heavy atom. The molecule has 2 nitrogen and oxygen atoms in total. The first-order valence-electron chi connectivity index (χ1n) is 6.99. The third-order valence-electron chi connectivity index (χ3n) is 3.85. The fraction of sp³-hybridized carbons (Fsp3) is 0. The highest BCUT2D eigenvalue weighted by Gasteiger charge is 2.51. The zero-order valence-electron chi connectivity index (χ0n) is 11.6. The molecular formula is C17H11BF2N2. The van der Waals surface area contributed by atoms with E-state index in [2.05, 4.69) is 11.8 Å². The Labute approximate surface area is 126 Å². The maximum absolute atomic E-state index is 14.5. The summed E-state index contributed by atoms with van der Waals surface area (Å²) in [6.45, 7) is -3.84. The van der Waals surface area contributed by atoms with Crippen molar-refractivity contribution in [1.29, 1.82) is 0 Å². The summed E-state index contributed by atoms with van der Waals surface area (Å²) < 4.78 is 31.1. The van der Waals surface area contributed by atoms with E-state index >= 15 is 0 Å². The standard InChI is InChI=1S/C17H11BF2N2/c19-18(20)21-12-4-8-16(21)15(17-9-5-13-22(17)18)11-10-14-6-2-1-3-7-14/h1-9,12-13H. The Balaban J connectivity index is 1.91. The first-order chi connectivity index (χ1) is 10.7. The number of nitrogens with zero attached hydrogens (tertiary/aromatic N) is 2. The van der Waals surface area contributed by atoms with Crippen LogP contribution in [0.2, 0.25) is 0 Å².